The van der Waals surface area contributed by atoms with Gasteiger partial charge in [0.05, 0.1) is 5.76 Å². The minimum Gasteiger partial charge on any atom is -0.477 e. The van der Waals surface area contributed by atoms with Gasteiger partial charge < -0.3 is 4.74 Å². The summed E-state index contributed by atoms with van der Waals surface area (Å²) in [6, 6.07) is -0.336. The number of allylic oxidation sites excluding steroid dienone is 1. The topological polar surface area (TPSA) is 49.9 Å². The molecule has 1 rings (SSSR count). The largest absolute Gasteiger partial charge is 0.477 e. The Morgan fingerprint density at radius 1 is 1.37 bits per heavy atom. The molecule has 0 N–H and O–H groups in total. The first-order valence-corrected chi connectivity index (χ1v) is 6.47. The number of hydrogen-bond acceptors (Lipinski definition) is 3. The van der Waals surface area contributed by atoms with Gasteiger partial charge in [0.15, 0.2) is 6.73 Å². The maximum atomic E-state index is 12.0. The summed E-state index contributed by atoms with van der Waals surface area (Å²) in [7, 11) is 1.48. The lowest BCUT2D eigenvalue weighted by Gasteiger charge is -2.31. The molecule has 0 radical (unpaired) electrons. The van der Waals surface area contributed by atoms with Crippen LogP contribution in [-0.4, -0.2) is 41.1 Å². The Balaban J connectivity index is 2.76. The van der Waals surface area contributed by atoms with Crippen LogP contribution >= 0.6 is 0 Å². The van der Waals surface area contributed by atoms with Gasteiger partial charge in [-0.25, -0.2) is 4.79 Å². The minimum absolute atomic E-state index is 0.0458. The van der Waals surface area contributed by atoms with Gasteiger partial charge in [0.25, 0.3) is 5.91 Å². The molecule has 0 aromatic rings. The van der Waals surface area contributed by atoms with Crippen molar-refractivity contribution in [1.82, 2.24) is 9.80 Å². The third kappa shape index (κ3) is 2.60. The predicted octanol–water partition coefficient (Wildman–Crippen LogP) is 2.58. The van der Waals surface area contributed by atoms with Crippen LogP contribution in [0, 0.1) is 5.41 Å². The number of likely N-dealkylation sites (N-methyl/N-ethyl adjacent to an activating group) is 1. The molecule has 0 saturated carbocycles. The number of amides is 3. The van der Waals surface area contributed by atoms with E-state index in [1.807, 2.05) is 13.8 Å². The Kier molecular flexibility index (Phi) is 3.98. The molecule has 3 amide bonds. The van der Waals surface area contributed by atoms with Crippen LogP contribution in [0.2, 0.25) is 0 Å². The molecule has 19 heavy (non-hydrogen) atoms. The molecule has 1 aliphatic rings. The molecule has 1 aliphatic heterocycles. The zero-order chi connectivity index (χ0) is 15.0. The van der Waals surface area contributed by atoms with Crippen LogP contribution in [0.3, 0.4) is 0 Å². The summed E-state index contributed by atoms with van der Waals surface area (Å²) < 4.78 is 5.62. The quantitative estimate of drug-likeness (QED) is 0.569. The van der Waals surface area contributed by atoms with Gasteiger partial charge >= 0.3 is 6.03 Å². The van der Waals surface area contributed by atoms with Crippen molar-refractivity contribution < 1.29 is 14.3 Å². The molecular weight excluding hydrogens is 244 g/mol. The van der Waals surface area contributed by atoms with Crippen molar-refractivity contribution in [1.29, 1.82) is 0 Å². The molecule has 1 saturated heterocycles. The van der Waals surface area contributed by atoms with Gasteiger partial charge in [-0.2, -0.15) is 0 Å². The molecule has 0 aromatic carbocycles. The number of ether oxygens (including phenoxy) is 1. The van der Waals surface area contributed by atoms with Crippen molar-refractivity contribution in [2.75, 3.05) is 13.8 Å². The molecule has 1 heterocycles. The van der Waals surface area contributed by atoms with E-state index in [0.717, 1.165) is 11.3 Å². The van der Waals surface area contributed by atoms with Gasteiger partial charge in [-0.05, 0) is 20.3 Å². The molecular formula is C14H24N2O3. The normalized spacial score (nSPS) is 19.1. The van der Waals surface area contributed by atoms with E-state index in [0.29, 0.717) is 5.76 Å². The highest BCUT2D eigenvalue weighted by Crippen LogP contribution is 2.31. The molecule has 0 aliphatic carbocycles. The molecule has 5 nitrogen and oxygen atoms in total. The van der Waals surface area contributed by atoms with Gasteiger partial charge in [-0.1, -0.05) is 27.4 Å². The minimum atomic E-state index is -0.873. The van der Waals surface area contributed by atoms with E-state index >= 15 is 0 Å². The van der Waals surface area contributed by atoms with Crippen molar-refractivity contribution in [3.63, 3.8) is 0 Å². The summed E-state index contributed by atoms with van der Waals surface area (Å²) in [5.41, 5.74) is -1.02. The molecule has 108 valence electrons. The van der Waals surface area contributed by atoms with E-state index in [-0.39, 0.29) is 24.1 Å². The molecule has 1 fully saturated rings. The lowest BCUT2D eigenvalue weighted by atomic mass is 9.88. The molecule has 5 heteroatoms. The predicted molar refractivity (Wildman–Crippen MR) is 73.2 cm³/mol. The SMILES string of the molecule is C=C(OCN1C(=O)N(C)C(=O)C1(C)C)C(C)(C)CC. The Labute approximate surface area is 115 Å². The fourth-order valence-electron chi connectivity index (χ4n) is 1.78. The average molecular weight is 268 g/mol. The van der Waals surface area contributed by atoms with E-state index in [1.54, 1.807) is 13.8 Å². The maximum Gasteiger partial charge on any atom is 0.330 e. The zero-order valence-electron chi connectivity index (χ0n) is 12.7. The van der Waals surface area contributed by atoms with Crippen LogP contribution < -0.4 is 0 Å². The second-order valence-electron chi connectivity index (χ2n) is 6.07. The number of rotatable bonds is 5. The van der Waals surface area contributed by atoms with Crippen LogP contribution in [-0.2, 0) is 9.53 Å². The number of carbonyl (C=O) groups is 2. The first kappa shape index (κ1) is 15.5. The van der Waals surface area contributed by atoms with Crippen LogP contribution in [0.25, 0.3) is 0 Å². The van der Waals surface area contributed by atoms with Crippen molar-refractivity contribution in [3.8, 4) is 0 Å². The third-order valence-corrected chi connectivity index (χ3v) is 4.03. The van der Waals surface area contributed by atoms with Gasteiger partial charge in [0.2, 0.25) is 0 Å². The van der Waals surface area contributed by atoms with Crippen LogP contribution in [0.4, 0.5) is 4.79 Å². The van der Waals surface area contributed by atoms with E-state index in [2.05, 4.69) is 13.5 Å². The van der Waals surface area contributed by atoms with Crippen molar-refractivity contribution >= 4 is 11.9 Å². The molecule has 0 aromatic heterocycles. The highest BCUT2D eigenvalue weighted by molar-refractivity contribution is 6.06. The van der Waals surface area contributed by atoms with E-state index < -0.39 is 5.54 Å². The van der Waals surface area contributed by atoms with Crippen molar-refractivity contribution in [2.45, 2.75) is 46.6 Å². The molecule has 0 spiro atoms. The number of imide groups is 1. The monoisotopic (exact) mass is 268 g/mol. The summed E-state index contributed by atoms with van der Waals surface area (Å²) >= 11 is 0. The van der Waals surface area contributed by atoms with Crippen LogP contribution in [0.15, 0.2) is 12.3 Å². The van der Waals surface area contributed by atoms with Gasteiger partial charge in [-0.3, -0.25) is 14.6 Å². The van der Waals surface area contributed by atoms with E-state index in [1.165, 1.54) is 11.9 Å². The standard InChI is InChI=1S/C14H24N2O3/c1-8-13(3,4)10(2)19-9-16-12(18)15(7)11(17)14(16,5)6/h2,8-9H2,1,3-7H3. The Morgan fingerprint density at radius 2 is 1.89 bits per heavy atom. The summed E-state index contributed by atoms with van der Waals surface area (Å²) in [4.78, 5) is 26.5. The summed E-state index contributed by atoms with van der Waals surface area (Å²) in [6.07, 6.45) is 0.891. The number of carbonyl (C=O) groups excluding carboxylic acids is 2. The fourth-order valence-corrected chi connectivity index (χ4v) is 1.78. The van der Waals surface area contributed by atoms with E-state index in [4.69, 9.17) is 4.74 Å². The lowest BCUT2D eigenvalue weighted by Crippen LogP contribution is -2.45. The second-order valence-corrected chi connectivity index (χ2v) is 6.07. The second kappa shape index (κ2) is 4.87. The van der Waals surface area contributed by atoms with Crippen molar-refractivity contribution in [2.24, 2.45) is 5.41 Å². The van der Waals surface area contributed by atoms with Gasteiger partial charge in [-0.15, -0.1) is 0 Å². The summed E-state index contributed by atoms with van der Waals surface area (Å²) in [5.74, 6) is 0.405. The third-order valence-electron chi connectivity index (χ3n) is 4.03. The summed E-state index contributed by atoms with van der Waals surface area (Å²) in [6.45, 7) is 13.5. The van der Waals surface area contributed by atoms with Crippen LogP contribution in [0.1, 0.15) is 41.0 Å². The Morgan fingerprint density at radius 3 is 2.26 bits per heavy atom. The smallest absolute Gasteiger partial charge is 0.330 e. The first-order chi connectivity index (χ1) is 8.55. The highest BCUT2D eigenvalue weighted by Gasteiger charge is 2.50. The molecule has 0 unspecified atom stereocenters. The number of nitrogens with zero attached hydrogens (tertiary/aromatic N) is 2. The van der Waals surface area contributed by atoms with E-state index in [9.17, 15) is 9.59 Å². The van der Waals surface area contributed by atoms with Crippen molar-refractivity contribution in [3.05, 3.63) is 12.3 Å². The number of hydrogen-bond donors (Lipinski definition) is 0. The zero-order valence-corrected chi connectivity index (χ0v) is 12.7. The highest BCUT2D eigenvalue weighted by atomic mass is 16.5. The maximum absolute atomic E-state index is 12.0. The van der Waals surface area contributed by atoms with Gasteiger partial charge in [0.1, 0.15) is 5.54 Å². The molecule has 0 atom stereocenters. The van der Waals surface area contributed by atoms with Gasteiger partial charge in [0, 0.05) is 12.5 Å². The lowest BCUT2D eigenvalue weighted by molar-refractivity contribution is -0.132. The van der Waals surface area contributed by atoms with Crippen LogP contribution in [0.5, 0.6) is 0 Å². The fraction of sp³-hybridized carbons (Fsp3) is 0.714. The Bertz CT molecular complexity index is 413. The number of urea groups is 1. The average Bonchev–Trinajstić information content (AvgIpc) is 2.48. The summed E-state index contributed by atoms with van der Waals surface area (Å²) in [5, 5.41) is 0. The molecule has 0 bridgehead atoms. The first-order valence-electron chi connectivity index (χ1n) is 6.47. The Hall–Kier alpha value is -1.52.